The zero-order chi connectivity index (χ0) is 18.9. The smallest absolute Gasteiger partial charge is 0.328 e. The predicted molar refractivity (Wildman–Crippen MR) is 101 cm³/mol. The van der Waals surface area contributed by atoms with Crippen LogP contribution in [0.3, 0.4) is 0 Å². The molecule has 2 aromatic rings. The average molecular weight is 352 g/mol. The predicted octanol–water partition coefficient (Wildman–Crippen LogP) is 3.32. The van der Waals surface area contributed by atoms with Gasteiger partial charge in [0, 0.05) is 31.1 Å². The van der Waals surface area contributed by atoms with Crippen LogP contribution in [0.25, 0.3) is 11.6 Å². The summed E-state index contributed by atoms with van der Waals surface area (Å²) in [6, 6.07) is 12.7. The van der Waals surface area contributed by atoms with E-state index in [9.17, 15) is 9.59 Å². The van der Waals surface area contributed by atoms with Crippen LogP contribution in [0.4, 0.5) is 5.69 Å². The lowest BCUT2D eigenvalue weighted by atomic mass is 9.90. The molecule has 0 spiro atoms. The van der Waals surface area contributed by atoms with Gasteiger partial charge in [-0.05, 0) is 47.8 Å². The minimum atomic E-state index is -1.26. The Kier molecular flexibility index (Phi) is 6.68. The second-order valence-electron chi connectivity index (χ2n) is 5.56. The maximum Gasteiger partial charge on any atom is 0.328 e. The summed E-state index contributed by atoms with van der Waals surface area (Å²) in [5, 5.41) is 18.8. The van der Waals surface area contributed by atoms with Crippen LogP contribution in [0, 0.1) is 0 Å². The van der Waals surface area contributed by atoms with Crippen molar-refractivity contribution in [2.75, 3.05) is 12.4 Å². The van der Waals surface area contributed by atoms with Crippen LogP contribution >= 0.6 is 0 Å². The lowest BCUT2D eigenvalue weighted by Gasteiger charge is -2.16. The molecule has 0 aliphatic heterocycles. The first-order valence-electron chi connectivity index (χ1n) is 8.06. The first-order chi connectivity index (χ1) is 12.5. The molecular formula is C20H20N2O4. The molecule has 0 unspecified atom stereocenters. The number of carbonyl (C=O) groups is 2. The molecule has 1 aliphatic carbocycles. The lowest BCUT2D eigenvalue weighted by molar-refractivity contribution is -0.134. The van der Waals surface area contributed by atoms with E-state index in [1.165, 1.54) is 16.7 Å². The van der Waals surface area contributed by atoms with Crippen molar-refractivity contribution in [2.45, 2.75) is 12.8 Å². The van der Waals surface area contributed by atoms with E-state index >= 15 is 0 Å². The van der Waals surface area contributed by atoms with E-state index in [0.717, 1.165) is 24.2 Å². The number of rotatable bonds is 4. The number of hydrogen-bond donors (Lipinski definition) is 3. The zero-order valence-corrected chi connectivity index (χ0v) is 14.3. The van der Waals surface area contributed by atoms with Crippen LogP contribution in [0.2, 0.25) is 0 Å². The molecule has 134 valence electrons. The Balaban J connectivity index is 0.000000260. The van der Waals surface area contributed by atoms with Gasteiger partial charge in [-0.25, -0.2) is 9.59 Å². The first kappa shape index (κ1) is 18.9. The molecule has 1 heterocycles. The van der Waals surface area contributed by atoms with Crippen molar-refractivity contribution in [2.24, 2.45) is 0 Å². The summed E-state index contributed by atoms with van der Waals surface area (Å²) >= 11 is 0. The van der Waals surface area contributed by atoms with E-state index in [4.69, 9.17) is 10.2 Å². The van der Waals surface area contributed by atoms with Crippen LogP contribution in [-0.4, -0.2) is 34.2 Å². The molecule has 0 atom stereocenters. The second kappa shape index (κ2) is 9.17. The van der Waals surface area contributed by atoms with Crippen molar-refractivity contribution in [1.82, 2.24) is 4.98 Å². The second-order valence-corrected chi connectivity index (χ2v) is 5.56. The summed E-state index contributed by atoms with van der Waals surface area (Å²) < 4.78 is 0. The lowest BCUT2D eigenvalue weighted by Crippen LogP contribution is -2.00. The number of aliphatic carboxylic acids is 2. The number of nitrogens with zero attached hydrogens (tertiary/aromatic N) is 1. The summed E-state index contributed by atoms with van der Waals surface area (Å²) in [5.41, 5.74) is 6.28. The minimum Gasteiger partial charge on any atom is -0.478 e. The van der Waals surface area contributed by atoms with Gasteiger partial charge in [0.1, 0.15) is 0 Å². The highest BCUT2D eigenvalue weighted by atomic mass is 16.4. The van der Waals surface area contributed by atoms with Crippen molar-refractivity contribution in [1.29, 1.82) is 0 Å². The summed E-state index contributed by atoms with van der Waals surface area (Å²) in [4.78, 5) is 23.6. The highest BCUT2D eigenvalue weighted by molar-refractivity contribution is 5.89. The minimum absolute atomic E-state index is 0.558. The Labute approximate surface area is 151 Å². The number of aromatic nitrogens is 1. The van der Waals surface area contributed by atoms with Gasteiger partial charge in [-0.15, -0.1) is 0 Å². The third-order valence-electron chi connectivity index (χ3n) is 3.79. The topological polar surface area (TPSA) is 99.5 Å². The first-order valence-corrected chi connectivity index (χ1v) is 8.06. The Hall–Kier alpha value is -3.41. The van der Waals surface area contributed by atoms with Gasteiger partial charge < -0.3 is 15.5 Å². The molecule has 3 N–H and O–H groups in total. The normalized spacial score (nSPS) is 12.4. The van der Waals surface area contributed by atoms with Crippen LogP contribution in [0.15, 0.2) is 54.7 Å². The van der Waals surface area contributed by atoms with Crippen molar-refractivity contribution in [3.8, 4) is 0 Å². The van der Waals surface area contributed by atoms with Gasteiger partial charge in [0.15, 0.2) is 0 Å². The zero-order valence-electron chi connectivity index (χ0n) is 14.3. The number of nitrogens with one attached hydrogen (secondary N) is 1. The standard InChI is InChI=1S/C16H16N2.C4H4O4/c1-17-15-8-9-18-16(11-15)14-7-6-12-4-2-3-5-13(12)10-14;5-3(6)1-2-4(7)8/h2-5,8-11H,6-7H2,1H3,(H,17,18);1-2H,(H,5,6)(H,7,8). The molecular weight excluding hydrogens is 332 g/mol. The fourth-order valence-corrected chi connectivity index (χ4v) is 2.54. The van der Waals surface area contributed by atoms with E-state index in [2.05, 4.69) is 46.7 Å². The van der Waals surface area contributed by atoms with Gasteiger partial charge in [-0.1, -0.05) is 24.3 Å². The number of benzene rings is 1. The third kappa shape index (κ3) is 5.59. The molecule has 26 heavy (non-hydrogen) atoms. The maximum absolute atomic E-state index is 9.55. The van der Waals surface area contributed by atoms with Gasteiger partial charge in [0.25, 0.3) is 0 Å². The SMILES string of the molecule is CNc1ccnc(C2=Cc3ccccc3CC2)c1.O=C(O)C=CC(=O)O. The van der Waals surface area contributed by atoms with Crippen molar-refractivity contribution >= 4 is 29.3 Å². The molecule has 0 fully saturated rings. The van der Waals surface area contributed by atoms with Crippen LogP contribution in [-0.2, 0) is 16.0 Å². The van der Waals surface area contributed by atoms with Gasteiger partial charge >= 0.3 is 11.9 Å². The fourth-order valence-electron chi connectivity index (χ4n) is 2.54. The largest absolute Gasteiger partial charge is 0.478 e. The molecule has 3 rings (SSSR count). The Morgan fingerprint density at radius 1 is 1.08 bits per heavy atom. The molecule has 6 nitrogen and oxygen atoms in total. The highest BCUT2D eigenvalue weighted by Crippen LogP contribution is 2.29. The monoisotopic (exact) mass is 352 g/mol. The Bertz CT molecular complexity index is 840. The molecule has 1 aromatic heterocycles. The Morgan fingerprint density at radius 2 is 1.77 bits per heavy atom. The summed E-state index contributed by atoms with van der Waals surface area (Å²) in [6.07, 6.45) is 7.42. The van der Waals surface area contributed by atoms with Gasteiger partial charge in [-0.3, -0.25) is 4.98 Å². The maximum atomic E-state index is 9.55. The molecule has 1 aliphatic rings. The number of carboxylic acid groups (broad SMARTS) is 2. The summed E-state index contributed by atoms with van der Waals surface area (Å²) in [5.74, 6) is -2.51. The highest BCUT2D eigenvalue weighted by Gasteiger charge is 2.12. The Morgan fingerprint density at radius 3 is 2.42 bits per heavy atom. The molecule has 6 heteroatoms. The summed E-state index contributed by atoms with van der Waals surface area (Å²) in [7, 11) is 1.93. The van der Waals surface area contributed by atoms with Gasteiger partial charge in [-0.2, -0.15) is 0 Å². The van der Waals surface area contributed by atoms with E-state index in [1.54, 1.807) is 0 Å². The van der Waals surface area contributed by atoms with Crippen molar-refractivity contribution in [3.05, 3.63) is 71.6 Å². The molecule has 0 saturated carbocycles. The number of hydrogen-bond acceptors (Lipinski definition) is 4. The van der Waals surface area contributed by atoms with Crippen LogP contribution in [0.5, 0.6) is 0 Å². The number of carboxylic acids is 2. The molecule has 0 amide bonds. The molecule has 0 radical (unpaired) electrons. The summed E-state index contributed by atoms with van der Waals surface area (Å²) in [6.45, 7) is 0. The van der Waals surface area contributed by atoms with E-state index in [-0.39, 0.29) is 0 Å². The van der Waals surface area contributed by atoms with Crippen LogP contribution < -0.4 is 5.32 Å². The van der Waals surface area contributed by atoms with E-state index in [0.29, 0.717) is 12.2 Å². The molecule has 0 bridgehead atoms. The van der Waals surface area contributed by atoms with Gasteiger partial charge in [0.2, 0.25) is 0 Å². The quantitative estimate of drug-likeness (QED) is 0.730. The van der Waals surface area contributed by atoms with Gasteiger partial charge in [0.05, 0.1) is 5.69 Å². The number of pyridine rings is 1. The average Bonchev–Trinajstić information content (AvgIpc) is 2.66. The van der Waals surface area contributed by atoms with Crippen LogP contribution in [0.1, 0.15) is 23.2 Å². The van der Waals surface area contributed by atoms with E-state index < -0.39 is 11.9 Å². The van der Waals surface area contributed by atoms with E-state index in [1.807, 2.05) is 19.3 Å². The number of fused-ring (bicyclic) bond motifs is 1. The number of anilines is 1. The number of aryl methyl sites for hydroxylation is 1. The molecule has 1 aromatic carbocycles. The molecule has 0 saturated heterocycles. The third-order valence-corrected chi connectivity index (χ3v) is 3.79. The fraction of sp³-hybridized carbons (Fsp3) is 0.150. The van der Waals surface area contributed by atoms with Crippen molar-refractivity contribution < 1.29 is 19.8 Å². The number of allylic oxidation sites excluding steroid dienone is 1. The van der Waals surface area contributed by atoms with Crippen molar-refractivity contribution in [3.63, 3.8) is 0 Å².